The lowest BCUT2D eigenvalue weighted by Gasteiger charge is -2.30. The fraction of sp³-hybridized carbons (Fsp3) is 0.107. The average Bonchev–Trinajstić information content (AvgIpc) is 3.63. The standard InChI is InChI=1S/C56H44N2/c1-55(2)51-24-13-11-22-46(51)48-31-29-44(35-53(48)55)58(40-18-9-6-10-19-40)42-21-15-20-41(34-42)57(39-16-7-5-8-17-39)43-28-30-45-37(32-43)26-27-38-33-50-47-23-12-14-25-52(47)56(3,4)54(50)36-49(38)45/h5-36H,1-4H3. The molecule has 2 heteroatoms. The lowest BCUT2D eigenvalue weighted by atomic mass is 9.81. The molecule has 0 atom stereocenters. The Kier molecular flexibility index (Phi) is 7.59. The summed E-state index contributed by atoms with van der Waals surface area (Å²) >= 11 is 0. The van der Waals surface area contributed by atoms with Gasteiger partial charge in [0.25, 0.3) is 0 Å². The maximum Gasteiger partial charge on any atom is 0.0482 e. The molecule has 58 heavy (non-hydrogen) atoms. The predicted molar refractivity (Wildman–Crippen MR) is 246 cm³/mol. The van der Waals surface area contributed by atoms with E-state index in [-0.39, 0.29) is 10.8 Å². The lowest BCUT2D eigenvalue weighted by Crippen LogP contribution is -2.17. The van der Waals surface area contributed by atoms with Gasteiger partial charge in [0.2, 0.25) is 0 Å². The van der Waals surface area contributed by atoms with Crippen molar-refractivity contribution in [1.29, 1.82) is 0 Å². The van der Waals surface area contributed by atoms with Crippen LogP contribution in [0.1, 0.15) is 49.9 Å². The first-order valence-corrected chi connectivity index (χ1v) is 20.4. The molecule has 0 aliphatic heterocycles. The maximum absolute atomic E-state index is 2.46. The molecule has 2 aliphatic rings. The summed E-state index contributed by atoms with van der Waals surface area (Å²) in [7, 11) is 0. The van der Waals surface area contributed by atoms with Gasteiger partial charge >= 0.3 is 0 Å². The van der Waals surface area contributed by atoms with Crippen LogP contribution in [-0.4, -0.2) is 0 Å². The summed E-state index contributed by atoms with van der Waals surface area (Å²) in [6.45, 7) is 9.43. The van der Waals surface area contributed by atoms with E-state index >= 15 is 0 Å². The molecule has 11 rings (SSSR count). The third kappa shape index (κ3) is 5.18. The molecule has 2 aliphatic carbocycles. The first kappa shape index (κ1) is 34.4. The third-order valence-electron chi connectivity index (χ3n) is 13.0. The summed E-state index contributed by atoms with van der Waals surface area (Å²) in [5, 5.41) is 5.08. The highest BCUT2D eigenvalue weighted by atomic mass is 15.2. The van der Waals surface area contributed by atoms with Crippen LogP contribution in [0.2, 0.25) is 0 Å². The molecule has 2 nitrogen and oxygen atoms in total. The summed E-state index contributed by atoms with van der Waals surface area (Å²) in [5.74, 6) is 0. The van der Waals surface area contributed by atoms with Crippen molar-refractivity contribution in [3.05, 3.63) is 216 Å². The molecule has 9 aromatic rings. The summed E-state index contributed by atoms with van der Waals surface area (Å²) < 4.78 is 0. The molecular formula is C56H44N2. The molecule has 0 saturated carbocycles. The van der Waals surface area contributed by atoms with E-state index in [9.17, 15) is 0 Å². The Morgan fingerprint density at radius 2 is 0.724 bits per heavy atom. The molecular weight excluding hydrogens is 701 g/mol. The van der Waals surface area contributed by atoms with E-state index < -0.39 is 0 Å². The van der Waals surface area contributed by atoms with Gasteiger partial charge in [-0.05, 0) is 145 Å². The summed E-state index contributed by atoms with van der Waals surface area (Å²) in [6, 6.07) is 71.7. The summed E-state index contributed by atoms with van der Waals surface area (Å²) in [6.07, 6.45) is 0. The third-order valence-corrected chi connectivity index (χ3v) is 13.0. The van der Waals surface area contributed by atoms with E-state index in [1.165, 1.54) is 66.1 Å². The van der Waals surface area contributed by atoms with Crippen LogP contribution in [0.3, 0.4) is 0 Å². The molecule has 0 aromatic heterocycles. The Balaban J connectivity index is 1.04. The minimum atomic E-state index is -0.0983. The minimum Gasteiger partial charge on any atom is -0.310 e. The highest BCUT2D eigenvalue weighted by molar-refractivity contribution is 6.11. The zero-order valence-corrected chi connectivity index (χ0v) is 33.4. The first-order chi connectivity index (χ1) is 28.3. The number of anilines is 6. The smallest absolute Gasteiger partial charge is 0.0482 e. The molecule has 0 N–H and O–H groups in total. The Labute approximate surface area is 341 Å². The number of fused-ring (bicyclic) bond motifs is 9. The zero-order chi connectivity index (χ0) is 39.2. The topological polar surface area (TPSA) is 6.48 Å². The fourth-order valence-electron chi connectivity index (χ4n) is 10.0. The number of nitrogens with zero attached hydrogens (tertiary/aromatic N) is 2. The fourth-order valence-corrected chi connectivity index (χ4v) is 10.0. The highest BCUT2D eigenvalue weighted by Crippen LogP contribution is 2.52. The van der Waals surface area contributed by atoms with Gasteiger partial charge in [-0.25, -0.2) is 0 Å². The molecule has 0 unspecified atom stereocenters. The minimum absolute atomic E-state index is 0.0496. The first-order valence-electron chi connectivity index (χ1n) is 20.4. The van der Waals surface area contributed by atoms with Gasteiger partial charge in [0.1, 0.15) is 0 Å². The van der Waals surface area contributed by atoms with Gasteiger partial charge in [-0.2, -0.15) is 0 Å². The Bertz CT molecular complexity index is 3070. The highest BCUT2D eigenvalue weighted by Gasteiger charge is 2.37. The van der Waals surface area contributed by atoms with Gasteiger partial charge < -0.3 is 9.80 Å². The molecule has 0 spiro atoms. The maximum atomic E-state index is 2.46. The van der Waals surface area contributed by atoms with Crippen LogP contribution in [0, 0.1) is 0 Å². The lowest BCUT2D eigenvalue weighted by molar-refractivity contribution is 0.660. The summed E-state index contributed by atoms with van der Waals surface area (Å²) in [4.78, 5) is 4.79. The predicted octanol–water partition coefficient (Wildman–Crippen LogP) is 15.5. The van der Waals surface area contributed by atoms with Crippen molar-refractivity contribution in [3.8, 4) is 22.3 Å². The van der Waals surface area contributed by atoms with Crippen LogP contribution in [0.15, 0.2) is 194 Å². The zero-order valence-electron chi connectivity index (χ0n) is 33.4. The Morgan fingerprint density at radius 3 is 1.34 bits per heavy atom. The van der Waals surface area contributed by atoms with E-state index in [1.54, 1.807) is 0 Å². The average molecular weight is 745 g/mol. The Hall–Kier alpha value is -6.90. The van der Waals surface area contributed by atoms with Crippen molar-refractivity contribution < 1.29 is 0 Å². The van der Waals surface area contributed by atoms with E-state index in [1.807, 2.05) is 0 Å². The molecule has 0 saturated heterocycles. The van der Waals surface area contributed by atoms with Crippen LogP contribution in [0.25, 0.3) is 43.8 Å². The van der Waals surface area contributed by atoms with E-state index in [0.717, 1.165) is 34.1 Å². The van der Waals surface area contributed by atoms with Gasteiger partial charge in [-0.15, -0.1) is 0 Å². The summed E-state index contributed by atoms with van der Waals surface area (Å²) in [5.41, 5.74) is 17.5. The monoisotopic (exact) mass is 744 g/mol. The van der Waals surface area contributed by atoms with Crippen LogP contribution < -0.4 is 9.80 Å². The quantitative estimate of drug-likeness (QED) is 0.156. The molecule has 9 aromatic carbocycles. The molecule has 0 bridgehead atoms. The van der Waals surface area contributed by atoms with Crippen molar-refractivity contribution in [2.24, 2.45) is 0 Å². The second-order valence-corrected chi connectivity index (χ2v) is 17.0. The van der Waals surface area contributed by atoms with E-state index in [4.69, 9.17) is 0 Å². The number of rotatable bonds is 6. The molecule has 278 valence electrons. The van der Waals surface area contributed by atoms with E-state index in [2.05, 4.69) is 232 Å². The van der Waals surface area contributed by atoms with Gasteiger partial charge in [0.05, 0.1) is 0 Å². The number of hydrogen-bond donors (Lipinski definition) is 0. The van der Waals surface area contributed by atoms with Crippen molar-refractivity contribution in [3.63, 3.8) is 0 Å². The molecule has 0 fully saturated rings. The van der Waals surface area contributed by atoms with Crippen molar-refractivity contribution in [1.82, 2.24) is 0 Å². The van der Waals surface area contributed by atoms with Gasteiger partial charge in [-0.1, -0.05) is 143 Å². The number of benzene rings is 9. The van der Waals surface area contributed by atoms with Gasteiger partial charge in [0, 0.05) is 45.0 Å². The van der Waals surface area contributed by atoms with Crippen LogP contribution in [-0.2, 0) is 10.8 Å². The van der Waals surface area contributed by atoms with Gasteiger partial charge in [-0.3, -0.25) is 0 Å². The van der Waals surface area contributed by atoms with Crippen molar-refractivity contribution >= 4 is 55.7 Å². The normalized spacial score (nSPS) is 14.1. The molecule has 0 heterocycles. The second-order valence-electron chi connectivity index (χ2n) is 17.0. The van der Waals surface area contributed by atoms with Crippen LogP contribution >= 0.6 is 0 Å². The SMILES string of the molecule is CC1(C)c2ccccc2-c2ccc(N(c3ccccc3)c3cccc(N(c4ccccc4)c4ccc5c(ccc6cc7c(cc65)C(C)(C)c5ccccc5-7)c4)c3)cc21. The number of hydrogen-bond acceptors (Lipinski definition) is 2. The number of para-hydroxylation sites is 2. The van der Waals surface area contributed by atoms with Crippen molar-refractivity contribution in [2.45, 2.75) is 38.5 Å². The second kappa shape index (κ2) is 12.8. The van der Waals surface area contributed by atoms with Crippen molar-refractivity contribution in [2.75, 3.05) is 9.80 Å². The largest absolute Gasteiger partial charge is 0.310 e. The van der Waals surface area contributed by atoms with Gasteiger partial charge in [0.15, 0.2) is 0 Å². The Morgan fingerprint density at radius 1 is 0.276 bits per heavy atom. The van der Waals surface area contributed by atoms with Crippen LogP contribution in [0.5, 0.6) is 0 Å². The van der Waals surface area contributed by atoms with Crippen LogP contribution in [0.4, 0.5) is 34.1 Å². The molecule has 0 amide bonds. The molecule has 0 radical (unpaired) electrons. The van der Waals surface area contributed by atoms with E-state index in [0.29, 0.717) is 0 Å².